The first-order valence-electron chi connectivity index (χ1n) is 5.22. The van der Waals surface area contributed by atoms with E-state index in [4.69, 9.17) is 4.74 Å². The van der Waals surface area contributed by atoms with E-state index >= 15 is 0 Å². The Bertz CT molecular complexity index is 357. The molecule has 3 nitrogen and oxygen atoms in total. The van der Waals surface area contributed by atoms with Crippen molar-refractivity contribution in [2.75, 3.05) is 0 Å². The first-order valence-corrected chi connectivity index (χ1v) is 5.22. The molecule has 1 N–H and O–H groups in total. The van der Waals surface area contributed by atoms with Gasteiger partial charge in [0.25, 0.3) is 0 Å². The quantitative estimate of drug-likeness (QED) is 0.480. The number of hydrogen-bond acceptors (Lipinski definition) is 3. The SMILES string of the molecule is C/C=C/[C@H](O)[C@H](C)C(=O)Oc1ccccc1. The van der Waals surface area contributed by atoms with E-state index in [0.717, 1.165) is 0 Å². The lowest BCUT2D eigenvalue weighted by molar-refractivity contribution is -0.140. The average molecular weight is 220 g/mol. The Morgan fingerprint density at radius 2 is 2.00 bits per heavy atom. The van der Waals surface area contributed by atoms with Crippen LogP contribution in [0.3, 0.4) is 0 Å². The smallest absolute Gasteiger partial charge is 0.317 e. The monoisotopic (exact) mass is 220 g/mol. The number of ether oxygens (including phenoxy) is 1. The maximum atomic E-state index is 11.6. The molecule has 0 bridgehead atoms. The van der Waals surface area contributed by atoms with Crippen molar-refractivity contribution in [1.82, 2.24) is 0 Å². The van der Waals surface area contributed by atoms with Gasteiger partial charge in [-0.15, -0.1) is 0 Å². The van der Waals surface area contributed by atoms with Crippen molar-refractivity contribution in [1.29, 1.82) is 0 Å². The first-order chi connectivity index (χ1) is 7.65. The van der Waals surface area contributed by atoms with Gasteiger partial charge in [-0.25, -0.2) is 0 Å². The standard InChI is InChI=1S/C13H16O3/c1-3-7-12(14)10(2)13(15)16-11-8-5-4-6-9-11/h3-10,12,14H,1-2H3/b7-3+/t10-,12-/m0/s1. The van der Waals surface area contributed by atoms with E-state index in [1.807, 2.05) is 6.07 Å². The summed E-state index contributed by atoms with van der Waals surface area (Å²) >= 11 is 0. The summed E-state index contributed by atoms with van der Waals surface area (Å²) in [4.78, 5) is 11.6. The summed E-state index contributed by atoms with van der Waals surface area (Å²) in [6, 6.07) is 8.82. The number of aliphatic hydroxyl groups is 1. The molecule has 0 amide bonds. The minimum Gasteiger partial charge on any atom is -0.426 e. The van der Waals surface area contributed by atoms with Gasteiger partial charge < -0.3 is 9.84 Å². The Morgan fingerprint density at radius 3 is 2.56 bits per heavy atom. The van der Waals surface area contributed by atoms with Crippen LogP contribution in [0.1, 0.15) is 13.8 Å². The Hall–Kier alpha value is -1.61. The molecule has 0 spiro atoms. The largest absolute Gasteiger partial charge is 0.426 e. The fourth-order valence-electron chi connectivity index (χ4n) is 1.20. The molecule has 1 aromatic carbocycles. The summed E-state index contributed by atoms with van der Waals surface area (Å²) in [6.45, 7) is 3.43. The number of para-hydroxylation sites is 1. The van der Waals surface area contributed by atoms with Crippen molar-refractivity contribution in [3.05, 3.63) is 42.5 Å². The van der Waals surface area contributed by atoms with Crippen LogP contribution in [0.25, 0.3) is 0 Å². The second-order valence-electron chi connectivity index (χ2n) is 3.54. The summed E-state index contributed by atoms with van der Waals surface area (Å²) in [5.74, 6) is -0.514. The second-order valence-corrected chi connectivity index (χ2v) is 3.54. The van der Waals surface area contributed by atoms with Crippen LogP contribution in [0.5, 0.6) is 5.75 Å². The third kappa shape index (κ3) is 3.51. The molecule has 0 aliphatic heterocycles. The molecule has 0 heterocycles. The molecule has 0 saturated heterocycles. The van der Waals surface area contributed by atoms with E-state index in [2.05, 4.69) is 0 Å². The Labute approximate surface area is 95.4 Å². The van der Waals surface area contributed by atoms with Crippen molar-refractivity contribution in [2.45, 2.75) is 20.0 Å². The van der Waals surface area contributed by atoms with E-state index in [1.54, 1.807) is 50.3 Å². The molecule has 0 aliphatic rings. The third-order valence-electron chi connectivity index (χ3n) is 2.24. The zero-order valence-electron chi connectivity index (χ0n) is 9.46. The van der Waals surface area contributed by atoms with Gasteiger partial charge in [0.05, 0.1) is 12.0 Å². The van der Waals surface area contributed by atoms with Gasteiger partial charge >= 0.3 is 5.97 Å². The zero-order valence-corrected chi connectivity index (χ0v) is 9.46. The van der Waals surface area contributed by atoms with Gasteiger partial charge in [0.1, 0.15) is 5.75 Å². The number of rotatable bonds is 4. The van der Waals surface area contributed by atoms with E-state index in [-0.39, 0.29) is 0 Å². The van der Waals surface area contributed by atoms with Crippen molar-refractivity contribution < 1.29 is 14.6 Å². The minimum absolute atomic E-state index is 0.434. The number of benzene rings is 1. The van der Waals surface area contributed by atoms with E-state index < -0.39 is 18.0 Å². The number of aliphatic hydroxyl groups excluding tert-OH is 1. The highest BCUT2D eigenvalue weighted by Gasteiger charge is 2.21. The molecule has 86 valence electrons. The maximum absolute atomic E-state index is 11.6. The third-order valence-corrected chi connectivity index (χ3v) is 2.24. The summed E-state index contributed by atoms with van der Waals surface area (Å²) < 4.78 is 5.11. The average Bonchev–Trinajstić information content (AvgIpc) is 2.29. The van der Waals surface area contributed by atoms with Gasteiger partial charge in [0.15, 0.2) is 0 Å². The fraction of sp³-hybridized carbons (Fsp3) is 0.308. The van der Waals surface area contributed by atoms with Crippen LogP contribution in [0, 0.1) is 5.92 Å². The highest BCUT2D eigenvalue weighted by molar-refractivity contribution is 5.75. The Kier molecular flexibility index (Phi) is 4.73. The number of esters is 1. The van der Waals surface area contributed by atoms with Gasteiger partial charge in [0, 0.05) is 0 Å². The van der Waals surface area contributed by atoms with Gasteiger partial charge in [-0.1, -0.05) is 30.4 Å². The highest BCUT2D eigenvalue weighted by Crippen LogP contribution is 2.13. The number of carbonyl (C=O) groups excluding carboxylic acids is 1. The molecule has 0 aliphatic carbocycles. The van der Waals surface area contributed by atoms with Crippen LogP contribution in [-0.2, 0) is 4.79 Å². The summed E-state index contributed by atoms with van der Waals surface area (Å²) in [5, 5.41) is 9.58. The molecule has 1 rings (SSSR count). The second kappa shape index (κ2) is 6.08. The summed E-state index contributed by atoms with van der Waals surface area (Å²) in [5.41, 5.74) is 0. The van der Waals surface area contributed by atoms with Crippen LogP contribution in [0.15, 0.2) is 42.5 Å². The number of allylic oxidation sites excluding steroid dienone is 1. The summed E-state index contributed by atoms with van der Waals surface area (Å²) in [6.07, 6.45) is 2.47. The molecular weight excluding hydrogens is 204 g/mol. The van der Waals surface area contributed by atoms with Crippen molar-refractivity contribution in [2.24, 2.45) is 5.92 Å². The molecule has 0 fully saturated rings. The van der Waals surface area contributed by atoms with Crippen LogP contribution < -0.4 is 4.74 Å². The van der Waals surface area contributed by atoms with Crippen LogP contribution >= 0.6 is 0 Å². The van der Waals surface area contributed by atoms with Gasteiger partial charge in [-0.2, -0.15) is 0 Å². The van der Waals surface area contributed by atoms with E-state index in [1.165, 1.54) is 0 Å². The highest BCUT2D eigenvalue weighted by atomic mass is 16.5. The topological polar surface area (TPSA) is 46.5 Å². The predicted octanol–water partition coefficient (Wildman–Crippen LogP) is 2.17. The van der Waals surface area contributed by atoms with Crippen molar-refractivity contribution in [3.63, 3.8) is 0 Å². The predicted molar refractivity (Wildman–Crippen MR) is 62.1 cm³/mol. The number of hydrogen-bond donors (Lipinski definition) is 1. The molecule has 0 radical (unpaired) electrons. The number of carbonyl (C=O) groups is 1. The van der Waals surface area contributed by atoms with Crippen molar-refractivity contribution in [3.8, 4) is 5.75 Å². The zero-order chi connectivity index (χ0) is 12.0. The molecule has 3 heteroatoms. The first kappa shape index (κ1) is 12.5. The Balaban J connectivity index is 2.59. The molecule has 0 unspecified atom stereocenters. The molecule has 0 saturated carbocycles. The molecule has 0 aromatic heterocycles. The Morgan fingerprint density at radius 1 is 1.38 bits per heavy atom. The lowest BCUT2D eigenvalue weighted by atomic mass is 10.1. The minimum atomic E-state index is -0.804. The molecule has 1 aromatic rings. The van der Waals surface area contributed by atoms with Gasteiger partial charge in [-0.05, 0) is 26.0 Å². The lowest BCUT2D eigenvalue weighted by Gasteiger charge is -2.14. The molecular formula is C13H16O3. The van der Waals surface area contributed by atoms with E-state index in [9.17, 15) is 9.90 Å². The van der Waals surface area contributed by atoms with Gasteiger partial charge in [0.2, 0.25) is 0 Å². The molecule has 2 atom stereocenters. The van der Waals surface area contributed by atoms with Gasteiger partial charge in [-0.3, -0.25) is 4.79 Å². The van der Waals surface area contributed by atoms with Crippen LogP contribution in [-0.4, -0.2) is 17.2 Å². The normalized spacial score (nSPS) is 14.7. The fourth-order valence-corrected chi connectivity index (χ4v) is 1.20. The molecule has 16 heavy (non-hydrogen) atoms. The van der Waals surface area contributed by atoms with Crippen molar-refractivity contribution >= 4 is 5.97 Å². The maximum Gasteiger partial charge on any atom is 0.317 e. The van der Waals surface area contributed by atoms with E-state index in [0.29, 0.717) is 5.75 Å². The lowest BCUT2D eigenvalue weighted by Crippen LogP contribution is -2.27. The summed E-state index contributed by atoms with van der Waals surface area (Å²) in [7, 11) is 0. The van der Waals surface area contributed by atoms with Crippen LogP contribution in [0.4, 0.5) is 0 Å². The van der Waals surface area contributed by atoms with Crippen LogP contribution in [0.2, 0.25) is 0 Å².